The van der Waals surface area contributed by atoms with E-state index in [0.717, 1.165) is 17.5 Å². The molecule has 1 aromatic rings. The third-order valence-electron chi connectivity index (χ3n) is 2.11. The standard InChI is InChI=1S/C10H12ClNS/c1-7-5-12-9-4-8(11)2-3-10(9)13-6-7/h2-4,7,12H,5-6H2,1H3. The average Bonchev–Trinajstić information content (AvgIpc) is 2.29. The van der Waals surface area contributed by atoms with Crippen LogP contribution < -0.4 is 5.32 Å². The number of anilines is 1. The zero-order valence-corrected chi connectivity index (χ0v) is 9.08. The second-order valence-electron chi connectivity index (χ2n) is 3.44. The van der Waals surface area contributed by atoms with Crippen molar-refractivity contribution in [3.63, 3.8) is 0 Å². The molecule has 0 aliphatic carbocycles. The van der Waals surface area contributed by atoms with Gasteiger partial charge in [-0.1, -0.05) is 18.5 Å². The van der Waals surface area contributed by atoms with Crippen LogP contribution >= 0.6 is 23.4 Å². The minimum atomic E-state index is 0.719. The minimum Gasteiger partial charge on any atom is -0.384 e. The summed E-state index contributed by atoms with van der Waals surface area (Å²) in [5, 5.41) is 4.22. The van der Waals surface area contributed by atoms with E-state index in [9.17, 15) is 0 Å². The van der Waals surface area contributed by atoms with Gasteiger partial charge in [-0.3, -0.25) is 0 Å². The fourth-order valence-corrected chi connectivity index (χ4v) is 2.55. The predicted molar refractivity (Wildman–Crippen MR) is 59.8 cm³/mol. The van der Waals surface area contributed by atoms with E-state index in [1.807, 2.05) is 23.9 Å². The third-order valence-corrected chi connectivity index (χ3v) is 3.74. The molecule has 1 atom stereocenters. The van der Waals surface area contributed by atoms with Crippen LogP contribution in [0.15, 0.2) is 23.1 Å². The van der Waals surface area contributed by atoms with Crippen LogP contribution in [-0.4, -0.2) is 12.3 Å². The van der Waals surface area contributed by atoms with Crippen LogP contribution in [0.25, 0.3) is 0 Å². The first-order chi connectivity index (χ1) is 6.25. The molecule has 0 fully saturated rings. The van der Waals surface area contributed by atoms with Crippen molar-refractivity contribution in [3.8, 4) is 0 Å². The molecule has 0 amide bonds. The molecule has 1 aliphatic heterocycles. The molecule has 1 aliphatic rings. The number of nitrogens with one attached hydrogen (secondary N) is 1. The Balaban J connectivity index is 2.30. The first-order valence-electron chi connectivity index (χ1n) is 4.42. The van der Waals surface area contributed by atoms with Crippen molar-refractivity contribution in [1.82, 2.24) is 0 Å². The van der Waals surface area contributed by atoms with Gasteiger partial charge in [0.05, 0.1) is 0 Å². The second kappa shape index (κ2) is 3.81. The SMILES string of the molecule is CC1CNc2cc(Cl)ccc2SC1. The number of hydrogen-bond donors (Lipinski definition) is 1. The molecule has 0 radical (unpaired) electrons. The van der Waals surface area contributed by atoms with Gasteiger partial charge in [-0.15, -0.1) is 11.8 Å². The maximum absolute atomic E-state index is 5.92. The number of halogens is 1. The van der Waals surface area contributed by atoms with Gasteiger partial charge in [-0.25, -0.2) is 0 Å². The second-order valence-corrected chi connectivity index (χ2v) is 4.94. The normalized spacial score (nSPS) is 21.5. The van der Waals surface area contributed by atoms with Crippen LogP contribution in [0.5, 0.6) is 0 Å². The van der Waals surface area contributed by atoms with Crippen molar-refractivity contribution in [3.05, 3.63) is 23.2 Å². The van der Waals surface area contributed by atoms with Crippen molar-refractivity contribution in [2.24, 2.45) is 5.92 Å². The monoisotopic (exact) mass is 213 g/mol. The van der Waals surface area contributed by atoms with Crippen LogP contribution in [0.3, 0.4) is 0 Å². The van der Waals surface area contributed by atoms with Gasteiger partial charge in [0.1, 0.15) is 0 Å². The van der Waals surface area contributed by atoms with E-state index in [1.54, 1.807) is 0 Å². The molecule has 3 heteroatoms. The van der Waals surface area contributed by atoms with Gasteiger partial charge >= 0.3 is 0 Å². The van der Waals surface area contributed by atoms with Crippen LogP contribution in [0.1, 0.15) is 6.92 Å². The molecule has 2 rings (SSSR count). The molecule has 13 heavy (non-hydrogen) atoms. The fourth-order valence-electron chi connectivity index (χ4n) is 1.34. The summed E-state index contributed by atoms with van der Waals surface area (Å²) in [6.07, 6.45) is 0. The van der Waals surface area contributed by atoms with Gasteiger partial charge in [0.2, 0.25) is 0 Å². The Morgan fingerprint density at radius 1 is 1.54 bits per heavy atom. The van der Waals surface area contributed by atoms with Crippen LogP contribution in [0, 0.1) is 5.92 Å². The van der Waals surface area contributed by atoms with E-state index >= 15 is 0 Å². The van der Waals surface area contributed by atoms with Crippen LogP contribution in [0.2, 0.25) is 5.02 Å². The lowest BCUT2D eigenvalue weighted by atomic mass is 10.2. The Kier molecular flexibility index (Phi) is 2.70. The van der Waals surface area contributed by atoms with E-state index in [1.165, 1.54) is 16.3 Å². The molecule has 1 nitrogen and oxygen atoms in total. The Bertz CT molecular complexity index is 314. The summed E-state index contributed by atoms with van der Waals surface area (Å²) in [4.78, 5) is 1.31. The molecular weight excluding hydrogens is 202 g/mol. The topological polar surface area (TPSA) is 12.0 Å². The van der Waals surface area contributed by atoms with Crippen molar-refractivity contribution in [2.45, 2.75) is 11.8 Å². The summed E-state index contributed by atoms with van der Waals surface area (Å²) >= 11 is 7.82. The maximum Gasteiger partial charge on any atom is 0.0493 e. The quantitative estimate of drug-likeness (QED) is 0.708. The highest BCUT2D eigenvalue weighted by molar-refractivity contribution is 7.99. The average molecular weight is 214 g/mol. The molecule has 70 valence electrons. The largest absolute Gasteiger partial charge is 0.384 e. The van der Waals surface area contributed by atoms with Crippen LogP contribution in [-0.2, 0) is 0 Å². The van der Waals surface area contributed by atoms with Gasteiger partial charge in [-0.2, -0.15) is 0 Å². The summed E-state index contributed by atoms with van der Waals surface area (Å²) < 4.78 is 0. The Morgan fingerprint density at radius 2 is 2.38 bits per heavy atom. The van der Waals surface area contributed by atoms with E-state index in [4.69, 9.17) is 11.6 Å². The zero-order chi connectivity index (χ0) is 9.26. The minimum absolute atomic E-state index is 0.719. The zero-order valence-electron chi connectivity index (χ0n) is 7.51. The van der Waals surface area contributed by atoms with Crippen molar-refractivity contribution >= 4 is 29.1 Å². The van der Waals surface area contributed by atoms with E-state index in [0.29, 0.717) is 0 Å². The molecule has 1 unspecified atom stereocenters. The number of fused-ring (bicyclic) bond motifs is 1. The lowest BCUT2D eigenvalue weighted by molar-refractivity contribution is 0.705. The summed E-state index contributed by atoms with van der Waals surface area (Å²) in [5.74, 6) is 1.90. The summed E-state index contributed by atoms with van der Waals surface area (Å²) in [5.41, 5.74) is 1.18. The molecule has 0 saturated heterocycles. The molecule has 1 N–H and O–H groups in total. The number of thioether (sulfide) groups is 1. The highest BCUT2D eigenvalue weighted by atomic mass is 35.5. The molecule has 1 aromatic carbocycles. The van der Waals surface area contributed by atoms with Crippen molar-refractivity contribution in [1.29, 1.82) is 0 Å². The number of hydrogen-bond acceptors (Lipinski definition) is 2. The van der Waals surface area contributed by atoms with Gasteiger partial charge in [0.15, 0.2) is 0 Å². The van der Waals surface area contributed by atoms with E-state index in [2.05, 4.69) is 18.3 Å². The number of rotatable bonds is 0. The first-order valence-corrected chi connectivity index (χ1v) is 5.78. The molecule has 1 heterocycles. The van der Waals surface area contributed by atoms with Crippen LogP contribution in [0.4, 0.5) is 5.69 Å². The Hall–Kier alpha value is -0.340. The third kappa shape index (κ3) is 2.12. The molecular formula is C10H12ClNS. The highest BCUT2D eigenvalue weighted by Gasteiger charge is 2.12. The van der Waals surface area contributed by atoms with Gasteiger partial charge in [0, 0.05) is 27.9 Å². The fraction of sp³-hybridized carbons (Fsp3) is 0.400. The van der Waals surface area contributed by atoms with Gasteiger partial charge in [-0.05, 0) is 24.1 Å². The van der Waals surface area contributed by atoms with E-state index < -0.39 is 0 Å². The van der Waals surface area contributed by atoms with E-state index in [-0.39, 0.29) is 0 Å². The number of benzene rings is 1. The lowest BCUT2D eigenvalue weighted by Crippen LogP contribution is -2.10. The van der Waals surface area contributed by atoms with Crippen molar-refractivity contribution in [2.75, 3.05) is 17.6 Å². The summed E-state index contributed by atoms with van der Waals surface area (Å²) in [6, 6.07) is 6.04. The highest BCUT2D eigenvalue weighted by Crippen LogP contribution is 2.33. The predicted octanol–water partition coefficient (Wildman–Crippen LogP) is 3.49. The molecule has 0 spiro atoms. The molecule has 0 aromatic heterocycles. The van der Waals surface area contributed by atoms with Crippen molar-refractivity contribution < 1.29 is 0 Å². The van der Waals surface area contributed by atoms with Gasteiger partial charge in [0.25, 0.3) is 0 Å². The molecule has 0 bridgehead atoms. The summed E-state index contributed by atoms with van der Waals surface area (Å²) in [6.45, 7) is 3.30. The lowest BCUT2D eigenvalue weighted by Gasteiger charge is -2.07. The first kappa shape index (κ1) is 9.22. The maximum atomic E-state index is 5.92. The summed E-state index contributed by atoms with van der Waals surface area (Å²) in [7, 11) is 0. The molecule has 0 saturated carbocycles. The Labute approximate surface area is 87.9 Å². The smallest absolute Gasteiger partial charge is 0.0493 e. The van der Waals surface area contributed by atoms with Gasteiger partial charge < -0.3 is 5.32 Å². The Morgan fingerprint density at radius 3 is 3.23 bits per heavy atom.